The molecule has 1 aromatic heterocycles. The molecule has 0 aliphatic carbocycles. The number of benzene rings is 1. The number of para-hydroxylation sites is 1. The van der Waals surface area contributed by atoms with Crippen LogP contribution < -0.4 is 10.6 Å². The van der Waals surface area contributed by atoms with Gasteiger partial charge in [0.1, 0.15) is 0 Å². The zero-order chi connectivity index (χ0) is 15.0. The molecular formula is C16H21ClN4. The summed E-state index contributed by atoms with van der Waals surface area (Å²) in [6, 6.07) is 8.63. The first-order valence-electron chi connectivity index (χ1n) is 7.40. The van der Waals surface area contributed by atoms with E-state index in [2.05, 4.69) is 41.2 Å². The van der Waals surface area contributed by atoms with Gasteiger partial charge < -0.3 is 10.6 Å². The smallest absolute Gasteiger partial charge is 0.0865 e. The molecule has 21 heavy (non-hydrogen) atoms. The molecule has 2 heterocycles. The van der Waals surface area contributed by atoms with Gasteiger partial charge in [0.2, 0.25) is 0 Å². The molecule has 0 amide bonds. The van der Waals surface area contributed by atoms with E-state index in [0.717, 1.165) is 42.5 Å². The lowest BCUT2D eigenvalue weighted by Gasteiger charge is -2.34. The minimum atomic E-state index is 0.165. The minimum absolute atomic E-state index is 0.165. The SMILES string of the molecule is CCn1nc(C)c(Cl)c1CN1CC(N)Cc2ccccc21. The van der Waals surface area contributed by atoms with Crippen molar-refractivity contribution < 1.29 is 0 Å². The number of nitrogens with zero attached hydrogens (tertiary/aromatic N) is 3. The monoisotopic (exact) mass is 304 g/mol. The summed E-state index contributed by atoms with van der Waals surface area (Å²) in [5.74, 6) is 0. The second-order valence-corrected chi connectivity index (χ2v) is 6.01. The van der Waals surface area contributed by atoms with Gasteiger partial charge in [-0.15, -0.1) is 0 Å². The van der Waals surface area contributed by atoms with Crippen LogP contribution in [0.1, 0.15) is 23.9 Å². The van der Waals surface area contributed by atoms with Crippen LogP contribution in [-0.4, -0.2) is 22.4 Å². The third kappa shape index (κ3) is 2.65. The number of rotatable bonds is 3. The molecule has 0 bridgehead atoms. The average molecular weight is 305 g/mol. The highest BCUT2D eigenvalue weighted by Gasteiger charge is 2.24. The predicted molar refractivity (Wildman–Crippen MR) is 86.8 cm³/mol. The Kier molecular flexibility index (Phi) is 3.91. The van der Waals surface area contributed by atoms with Gasteiger partial charge in [-0.3, -0.25) is 4.68 Å². The molecule has 0 spiro atoms. The Hall–Kier alpha value is -1.52. The lowest BCUT2D eigenvalue weighted by Crippen LogP contribution is -2.43. The Bertz CT molecular complexity index is 650. The van der Waals surface area contributed by atoms with E-state index in [1.807, 2.05) is 11.6 Å². The molecular weight excluding hydrogens is 284 g/mol. The fourth-order valence-corrected chi connectivity index (χ4v) is 3.27. The lowest BCUT2D eigenvalue weighted by atomic mass is 9.98. The second-order valence-electron chi connectivity index (χ2n) is 5.64. The van der Waals surface area contributed by atoms with Crippen LogP contribution in [-0.2, 0) is 19.5 Å². The van der Waals surface area contributed by atoms with Crippen LogP contribution in [0.2, 0.25) is 5.02 Å². The van der Waals surface area contributed by atoms with Gasteiger partial charge in [0.15, 0.2) is 0 Å². The third-order valence-electron chi connectivity index (χ3n) is 4.06. The molecule has 3 rings (SSSR count). The fraction of sp³-hybridized carbons (Fsp3) is 0.438. The van der Waals surface area contributed by atoms with Crippen molar-refractivity contribution in [1.82, 2.24) is 9.78 Å². The minimum Gasteiger partial charge on any atom is -0.364 e. The van der Waals surface area contributed by atoms with E-state index < -0.39 is 0 Å². The molecule has 1 aliphatic rings. The molecule has 4 nitrogen and oxygen atoms in total. The number of halogens is 1. The Balaban J connectivity index is 1.95. The quantitative estimate of drug-likeness (QED) is 0.948. The van der Waals surface area contributed by atoms with E-state index in [4.69, 9.17) is 17.3 Å². The average Bonchev–Trinajstić information content (AvgIpc) is 2.75. The molecule has 0 fully saturated rings. The van der Waals surface area contributed by atoms with Crippen molar-refractivity contribution >= 4 is 17.3 Å². The number of hydrogen-bond donors (Lipinski definition) is 1. The highest BCUT2D eigenvalue weighted by molar-refractivity contribution is 6.31. The molecule has 2 N–H and O–H groups in total. The topological polar surface area (TPSA) is 47.1 Å². The van der Waals surface area contributed by atoms with Crippen LogP contribution in [0.3, 0.4) is 0 Å². The molecule has 112 valence electrons. The molecule has 1 atom stereocenters. The number of fused-ring (bicyclic) bond motifs is 1. The fourth-order valence-electron chi connectivity index (χ4n) is 3.07. The molecule has 1 aromatic carbocycles. The molecule has 5 heteroatoms. The van der Waals surface area contributed by atoms with Gasteiger partial charge in [0.05, 0.1) is 23.0 Å². The first kappa shape index (κ1) is 14.4. The number of nitrogens with two attached hydrogens (primary N) is 1. The van der Waals surface area contributed by atoms with Gasteiger partial charge in [0.25, 0.3) is 0 Å². The first-order chi connectivity index (χ1) is 10.1. The van der Waals surface area contributed by atoms with Crippen LogP contribution in [0.4, 0.5) is 5.69 Å². The Morgan fingerprint density at radius 2 is 2.14 bits per heavy atom. The van der Waals surface area contributed by atoms with E-state index >= 15 is 0 Å². The van der Waals surface area contributed by atoms with Crippen LogP contribution in [0.5, 0.6) is 0 Å². The maximum atomic E-state index is 6.43. The normalized spacial score (nSPS) is 17.9. The van der Waals surface area contributed by atoms with Crippen molar-refractivity contribution in [1.29, 1.82) is 0 Å². The molecule has 1 unspecified atom stereocenters. The summed E-state index contributed by atoms with van der Waals surface area (Å²) in [6.07, 6.45) is 0.937. The van der Waals surface area contributed by atoms with Crippen molar-refractivity contribution in [2.75, 3.05) is 11.4 Å². The standard InChI is InChI=1S/C16H21ClN4/c1-3-21-15(16(17)11(2)19-21)10-20-9-13(18)8-12-6-4-5-7-14(12)20/h4-7,13H,3,8-10,18H2,1-2H3. The zero-order valence-corrected chi connectivity index (χ0v) is 13.3. The molecule has 0 radical (unpaired) electrons. The van der Waals surface area contributed by atoms with Crippen LogP contribution in [0.15, 0.2) is 24.3 Å². The highest BCUT2D eigenvalue weighted by atomic mass is 35.5. The van der Waals surface area contributed by atoms with Crippen molar-refractivity contribution in [2.45, 2.75) is 39.4 Å². The van der Waals surface area contributed by atoms with Crippen molar-refractivity contribution in [3.8, 4) is 0 Å². The van der Waals surface area contributed by atoms with Crippen molar-refractivity contribution in [2.24, 2.45) is 5.73 Å². The van der Waals surface area contributed by atoms with Crippen LogP contribution in [0, 0.1) is 6.92 Å². The van der Waals surface area contributed by atoms with E-state index in [-0.39, 0.29) is 6.04 Å². The maximum Gasteiger partial charge on any atom is 0.0865 e. The molecule has 2 aromatic rings. The summed E-state index contributed by atoms with van der Waals surface area (Å²) in [6.45, 7) is 6.46. The summed E-state index contributed by atoms with van der Waals surface area (Å²) in [4.78, 5) is 2.32. The lowest BCUT2D eigenvalue weighted by molar-refractivity contribution is 0.566. The summed E-state index contributed by atoms with van der Waals surface area (Å²) in [5, 5.41) is 5.27. The molecule has 0 saturated carbocycles. The van der Waals surface area contributed by atoms with Crippen LogP contribution >= 0.6 is 11.6 Å². The van der Waals surface area contributed by atoms with Gasteiger partial charge in [-0.2, -0.15) is 5.10 Å². The van der Waals surface area contributed by atoms with Gasteiger partial charge in [-0.25, -0.2) is 0 Å². The summed E-state index contributed by atoms with van der Waals surface area (Å²) in [5.41, 5.74) is 10.7. The number of anilines is 1. The summed E-state index contributed by atoms with van der Waals surface area (Å²) in [7, 11) is 0. The highest BCUT2D eigenvalue weighted by Crippen LogP contribution is 2.30. The van der Waals surface area contributed by atoms with Crippen molar-refractivity contribution in [3.05, 3.63) is 46.2 Å². The number of aryl methyl sites for hydroxylation is 2. The number of hydrogen-bond acceptors (Lipinski definition) is 3. The van der Waals surface area contributed by atoms with Gasteiger partial charge in [-0.05, 0) is 31.9 Å². The molecule has 0 saturated heterocycles. The molecule has 1 aliphatic heterocycles. The second kappa shape index (κ2) is 5.70. The van der Waals surface area contributed by atoms with E-state index in [9.17, 15) is 0 Å². The van der Waals surface area contributed by atoms with Gasteiger partial charge in [-0.1, -0.05) is 29.8 Å². The largest absolute Gasteiger partial charge is 0.364 e. The van der Waals surface area contributed by atoms with E-state index in [1.165, 1.54) is 11.3 Å². The summed E-state index contributed by atoms with van der Waals surface area (Å²) >= 11 is 6.43. The van der Waals surface area contributed by atoms with Crippen LogP contribution in [0.25, 0.3) is 0 Å². The van der Waals surface area contributed by atoms with Crippen molar-refractivity contribution in [3.63, 3.8) is 0 Å². The van der Waals surface area contributed by atoms with E-state index in [0.29, 0.717) is 0 Å². The third-order valence-corrected chi connectivity index (χ3v) is 4.55. The zero-order valence-electron chi connectivity index (χ0n) is 12.5. The van der Waals surface area contributed by atoms with E-state index in [1.54, 1.807) is 0 Å². The maximum absolute atomic E-state index is 6.43. The van der Waals surface area contributed by atoms with Gasteiger partial charge >= 0.3 is 0 Å². The Morgan fingerprint density at radius 1 is 1.38 bits per heavy atom. The Labute approximate surface area is 130 Å². The first-order valence-corrected chi connectivity index (χ1v) is 7.78. The van der Waals surface area contributed by atoms with Gasteiger partial charge in [0, 0.05) is 24.8 Å². The predicted octanol–water partition coefficient (Wildman–Crippen LogP) is 2.75. The summed E-state index contributed by atoms with van der Waals surface area (Å²) < 4.78 is 1.99. The Morgan fingerprint density at radius 3 is 2.90 bits per heavy atom. The number of aromatic nitrogens is 2.